The molecule has 150 valence electrons. The van der Waals surface area contributed by atoms with E-state index in [9.17, 15) is 14.0 Å². The molecule has 0 spiro atoms. The number of hydrogen-bond acceptors (Lipinski definition) is 4. The van der Waals surface area contributed by atoms with Gasteiger partial charge in [-0.2, -0.15) is 5.10 Å². The zero-order chi connectivity index (χ0) is 20.5. The molecule has 1 fully saturated rings. The lowest BCUT2D eigenvalue weighted by molar-refractivity contribution is 0.0522. The molecule has 1 aliphatic heterocycles. The molecule has 0 amide bonds. The lowest BCUT2D eigenvalue weighted by Crippen LogP contribution is -2.35. The highest BCUT2D eigenvalue weighted by atomic mass is 19.1. The Morgan fingerprint density at radius 2 is 2.17 bits per heavy atom. The highest BCUT2D eigenvalue weighted by molar-refractivity contribution is 5.94. The Bertz CT molecular complexity index is 1220. The molecule has 3 aromatic rings. The van der Waals surface area contributed by atoms with Gasteiger partial charge in [-0.1, -0.05) is 26.0 Å². The maximum absolute atomic E-state index is 14.5. The third-order valence-corrected chi connectivity index (χ3v) is 6.36. The number of halogens is 1. The zero-order valence-electron chi connectivity index (χ0n) is 16.6. The Kier molecular flexibility index (Phi) is 3.75. The van der Waals surface area contributed by atoms with Gasteiger partial charge in [0.15, 0.2) is 11.2 Å². The second kappa shape index (κ2) is 6.02. The quantitative estimate of drug-likeness (QED) is 0.613. The highest BCUT2D eigenvalue weighted by Crippen LogP contribution is 2.56. The third-order valence-electron chi connectivity index (χ3n) is 6.36. The average molecular weight is 395 g/mol. The van der Waals surface area contributed by atoms with Crippen molar-refractivity contribution in [1.29, 1.82) is 0 Å². The third kappa shape index (κ3) is 2.42. The van der Waals surface area contributed by atoms with E-state index in [1.807, 2.05) is 15.3 Å². The van der Waals surface area contributed by atoms with Gasteiger partial charge in [0.2, 0.25) is 0 Å². The van der Waals surface area contributed by atoms with Gasteiger partial charge in [0.1, 0.15) is 11.1 Å². The molecule has 29 heavy (non-hydrogen) atoms. The van der Waals surface area contributed by atoms with Gasteiger partial charge in [-0.25, -0.2) is 9.18 Å². The van der Waals surface area contributed by atoms with Crippen LogP contribution >= 0.6 is 0 Å². The first-order chi connectivity index (χ1) is 13.8. The lowest BCUT2D eigenvalue weighted by atomic mass is 9.84. The highest BCUT2D eigenvalue weighted by Gasteiger charge is 2.48. The fourth-order valence-corrected chi connectivity index (χ4v) is 5.08. The minimum atomic E-state index is -0.616. The molecule has 2 aliphatic rings. The maximum atomic E-state index is 14.5. The van der Waals surface area contributed by atoms with Crippen LogP contribution in [-0.4, -0.2) is 26.9 Å². The smallest absolute Gasteiger partial charge is 0.343 e. The van der Waals surface area contributed by atoms with Crippen molar-refractivity contribution in [3.8, 4) is 11.4 Å². The van der Waals surface area contributed by atoms with E-state index < -0.39 is 11.4 Å². The number of nitrogens with zero attached hydrogens (tertiary/aromatic N) is 3. The van der Waals surface area contributed by atoms with Gasteiger partial charge in [0.25, 0.3) is 0 Å². The van der Waals surface area contributed by atoms with Gasteiger partial charge in [-0.3, -0.25) is 9.48 Å². The number of hydrogen-bond donors (Lipinski definition) is 0. The molecule has 5 rings (SSSR count). The summed E-state index contributed by atoms with van der Waals surface area (Å²) in [6, 6.07) is 6.36. The van der Waals surface area contributed by atoms with Gasteiger partial charge >= 0.3 is 5.97 Å². The summed E-state index contributed by atoms with van der Waals surface area (Å²) in [6.45, 7) is 6.27. The van der Waals surface area contributed by atoms with Crippen LogP contribution in [0.25, 0.3) is 22.3 Å². The van der Waals surface area contributed by atoms with Crippen molar-refractivity contribution in [2.24, 2.45) is 5.41 Å². The zero-order valence-corrected chi connectivity index (χ0v) is 16.6. The Balaban J connectivity index is 1.85. The van der Waals surface area contributed by atoms with Crippen molar-refractivity contribution in [3.05, 3.63) is 52.1 Å². The molecule has 1 aromatic carbocycles. The molecule has 2 atom stereocenters. The molecule has 2 aromatic heterocycles. The standard InChI is InChI=1S/C22H22FN3O3/c1-4-29-21(28)13-11-25-16(10-17(13)27)19-12-6-5-7-14(23)18(12)24-26(19)15-8-9-22(2,3)20(15)25/h5-7,10-11,15,20H,4,8-9H2,1-3H3. The molecule has 0 radical (unpaired) electrons. The number of ether oxygens (including phenoxy) is 1. The van der Waals surface area contributed by atoms with E-state index in [0.717, 1.165) is 18.5 Å². The summed E-state index contributed by atoms with van der Waals surface area (Å²) < 4.78 is 23.5. The molecule has 1 saturated carbocycles. The molecule has 6 nitrogen and oxygen atoms in total. The first-order valence-electron chi connectivity index (χ1n) is 9.94. The summed E-state index contributed by atoms with van der Waals surface area (Å²) in [6.07, 6.45) is 3.48. The van der Waals surface area contributed by atoms with Crippen molar-refractivity contribution in [2.45, 2.75) is 45.7 Å². The van der Waals surface area contributed by atoms with Crippen molar-refractivity contribution in [1.82, 2.24) is 14.3 Å². The van der Waals surface area contributed by atoms with Crippen LogP contribution in [0.1, 0.15) is 56.1 Å². The number of aromatic nitrogens is 3. The van der Waals surface area contributed by atoms with Gasteiger partial charge in [-0.05, 0) is 31.2 Å². The number of benzene rings is 1. The lowest BCUT2D eigenvalue weighted by Gasteiger charge is -2.39. The first kappa shape index (κ1) is 18.1. The van der Waals surface area contributed by atoms with Crippen molar-refractivity contribution in [2.75, 3.05) is 6.61 Å². The van der Waals surface area contributed by atoms with Crippen LogP contribution in [0.15, 0.2) is 35.3 Å². The number of fused-ring (bicyclic) bond motifs is 8. The van der Waals surface area contributed by atoms with E-state index in [-0.39, 0.29) is 35.5 Å². The van der Waals surface area contributed by atoms with Gasteiger partial charge in [0.05, 0.1) is 30.1 Å². The van der Waals surface area contributed by atoms with E-state index >= 15 is 0 Å². The van der Waals surface area contributed by atoms with Crippen LogP contribution in [0.5, 0.6) is 0 Å². The Morgan fingerprint density at radius 1 is 1.38 bits per heavy atom. The molecule has 7 heteroatoms. The van der Waals surface area contributed by atoms with E-state index in [1.54, 1.807) is 19.2 Å². The Morgan fingerprint density at radius 3 is 2.93 bits per heavy atom. The molecule has 2 unspecified atom stereocenters. The summed E-state index contributed by atoms with van der Waals surface area (Å²) >= 11 is 0. The molecule has 1 aliphatic carbocycles. The van der Waals surface area contributed by atoms with E-state index in [4.69, 9.17) is 4.74 Å². The minimum Gasteiger partial charge on any atom is -0.462 e. The Hall–Kier alpha value is -2.96. The molecule has 0 bridgehead atoms. The summed E-state index contributed by atoms with van der Waals surface area (Å²) in [5, 5.41) is 5.28. The molecule has 3 heterocycles. The summed E-state index contributed by atoms with van der Waals surface area (Å²) in [5.74, 6) is -0.995. The number of rotatable bonds is 2. The van der Waals surface area contributed by atoms with Crippen molar-refractivity contribution < 1.29 is 13.9 Å². The molecule has 0 N–H and O–H groups in total. The van der Waals surface area contributed by atoms with E-state index in [0.29, 0.717) is 16.6 Å². The number of carbonyl (C=O) groups excluding carboxylic acids is 1. The van der Waals surface area contributed by atoms with Crippen molar-refractivity contribution in [3.63, 3.8) is 0 Å². The number of carbonyl (C=O) groups is 1. The van der Waals surface area contributed by atoms with E-state index in [2.05, 4.69) is 18.9 Å². The van der Waals surface area contributed by atoms with Gasteiger partial charge < -0.3 is 9.30 Å². The van der Waals surface area contributed by atoms with Gasteiger partial charge in [-0.15, -0.1) is 0 Å². The Labute approximate surface area is 166 Å². The summed E-state index contributed by atoms with van der Waals surface area (Å²) in [7, 11) is 0. The van der Waals surface area contributed by atoms with Crippen LogP contribution in [0.4, 0.5) is 4.39 Å². The fraction of sp³-hybridized carbons (Fsp3) is 0.409. The van der Waals surface area contributed by atoms with Gasteiger partial charge in [0, 0.05) is 17.6 Å². The molecule has 0 saturated heterocycles. The second-order valence-corrected chi connectivity index (χ2v) is 8.53. The fourth-order valence-electron chi connectivity index (χ4n) is 5.08. The van der Waals surface area contributed by atoms with Crippen LogP contribution in [0.3, 0.4) is 0 Å². The monoisotopic (exact) mass is 395 g/mol. The first-order valence-corrected chi connectivity index (χ1v) is 9.94. The van der Waals surface area contributed by atoms with Crippen molar-refractivity contribution >= 4 is 16.9 Å². The van der Waals surface area contributed by atoms with Crippen LogP contribution in [-0.2, 0) is 4.74 Å². The predicted molar refractivity (Wildman–Crippen MR) is 106 cm³/mol. The maximum Gasteiger partial charge on any atom is 0.343 e. The van der Waals surface area contributed by atoms with Crippen LogP contribution in [0, 0.1) is 11.2 Å². The topological polar surface area (TPSA) is 66.1 Å². The summed E-state index contributed by atoms with van der Waals surface area (Å²) in [4.78, 5) is 25.1. The van der Waals surface area contributed by atoms with Crippen LogP contribution in [0.2, 0.25) is 0 Å². The SMILES string of the molecule is CCOC(=O)c1cn2c(cc1=O)-c1c3cccc(F)c3nn1C1CCC(C)(C)C12. The number of pyridine rings is 1. The minimum absolute atomic E-state index is 0.00356. The number of esters is 1. The second-order valence-electron chi connectivity index (χ2n) is 8.53. The molecular weight excluding hydrogens is 373 g/mol. The molecular formula is C22H22FN3O3. The predicted octanol–water partition coefficient (Wildman–Crippen LogP) is 4.10. The average Bonchev–Trinajstić information content (AvgIpc) is 3.21. The summed E-state index contributed by atoms with van der Waals surface area (Å²) in [5.41, 5.74) is 1.25. The largest absolute Gasteiger partial charge is 0.462 e. The van der Waals surface area contributed by atoms with E-state index in [1.165, 1.54) is 12.1 Å². The normalized spacial score (nSPS) is 21.5. The van der Waals surface area contributed by atoms with Crippen LogP contribution < -0.4 is 5.43 Å².